The van der Waals surface area contributed by atoms with E-state index in [0.717, 1.165) is 50.6 Å². The van der Waals surface area contributed by atoms with Crippen molar-refractivity contribution in [3.05, 3.63) is 47.3 Å². The number of phenols is 1. The van der Waals surface area contributed by atoms with Gasteiger partial charge in [-0.3, -0.25) is 9.69 Å². The first kappa shape index (κ1) is 28.9. The van der Waals surface area contributed by atoms with Crippen molar-refractivity contribution in [1.29, 1.82) is 0 Å². The third-order valence-electron chi connectivity index (χ3n) is 10.4. The summed E-state index contributed by atoms with van der Waals surface area (Å²) in [7, 11) is 0. The molecule has 2 bridgehead atoms. The lowest BCUT2D eigenvalue weighted by atomic mass is 9.95. The number of ether oxygens (including phenoxy) is 1. The summed E-state index contributed by atoms with van der Waals surface area (Å²) in [4.78, 5) is 33.0. The highest BCUT2D eigenvalue weighted by atomic mass is 35.5. The number of alkyl halides is 1. The zero-order valence-electron chi connectivity index (χ0n) is 24.9. The van der Waals surface area contributed by atoms with E-state index in [9.17, 15) is 14.3 Å². The second kappa shape index (κ2) is 10.8. The average Bonchev–Trinajstić information content (AvgIpc) is 3.62. The Morgan fingerprint density at radius 3 is 2.64 bits per heavy atom. The van der Waals surface area contributed by atoms with Crippen LogP contribution in [0.2, 0.25) is 5.02 Å². The third-order valence-corrected chi connectivity index (χ3v) is 10.7. The number of aromatic nitrogens is 3. The van der Waals surface area contributed by atoms with Gasteiger partial charge in [-0.15, -0.1) is 0 Å². The van der Waals surface area contributed by atoms with Crippen molar-refractivity contribution in [1.82, 2.24) is 24.8 Å². The number of fused-ring (bicyclic) bond motifs is 4. The van der Waals surface area contributed by atoms with Gasteiger partial charge >= 0.3 is 6.01 Å². The molecule has 1 saturated carbocycles. The number of carbonyl (C=O) groups excluding carboxylic acids is 1. The van der Waals surface area contributed by atoms with Crippen LogP contribution in [0.15, 0.2) is 30.9 Å². The second-order valence-corrected chi connectivity index (χ2v) is 13.7. The van der Waals surface area contributed by atoms with Crippen LogP contribution in [0.4, 0.5) is 14.6 Å². The van der Waals surface area contributed by atoms with Crippen molar-refractivity contribution in [2.45, 2.75) is 74.7 Å². The molecule has 4 atom stereocenters. The molecule has 6 heterocycles. The molecule has 9 nitrogen and oxygen atoms in total. The summed E-state index contributed by atoms with van der Waals surface area (Å²) in [5, 5.41) is 11.2. The summed E-state index contributed by atoms with van der Waals surface area (Å²) in [6.45, 7) is 6.19. The van der Waals surface area contributed by atoms with Crippen LogP contribution >= 0.6 is 11.6 Å². The Labute approximate surface area is 264 Å². The molecule has 1 amide bonds. The lowest BCUT2D eigenvalue weighted by molar-refractivity contribution is -0.129. The molecular formula is C33H35ClF2N6O3. The monoisotopic (exact) mass is 636 g/mol. The van der Waals surface area contributed by atoms with Crippen LogP contribution < -0.4 is 9.64 Å². The van der Waals surface area contributed by atoms with Gasteiger partial charge in [0.25, 0.3) is 0 Å². The standard InChI is InChI=1S/C33H35ClF2N6O3/c1-2-27(44)42-20-6-7-21(42)16-40(15-20)31-24-12-26(36)29(23-10-22(43)11-25(34)28(23)18-4-5-18)37-30(24)38-32(39-31)45-17-33-8-3-9-41(33)14-19(35)13-33/h2,10-12,18-21,43H,1,3-9,13-17H2. The Morgan fingerprint density at radius 1 is 1.13 bits per heavy atom. The highest BCUT2D eigenvalue weighted by Gasteiger charge is 2.49. The molecule has 5 aliphatic rings. The van der Waals surface area contributed by atoms with Gasteiger partial charge in [-0.2, -0.15) is 9.97 Å². The van der Waals surface area contributed by atoms with Crippen molar-refractivity contribution < 1.29 is 23.4 Å². The molecule has 2 aromatic heterocycles. The topological polar surface area (TPSA) is 94.9 Å². The van der Waals surface area contributed by atoms with E-state index in [-0.39, 0.29) is 53.6 Å². The molecule has 4 saturated heterocycles. The van der Waals surface area contributed by atoms with E-state index in [1.807, 2.05) is 4.90 Å². The van der Waals surface area contributed by atoms with Crippen LogP contribution in [0.1, 0.15) is 56.4 Å². The molecule has 12 heteroatoms. The Morgan fingerprint density at radius 2 is 1.91 bits per heavy atom. The number of hydrogen-bond donors (Lipinski definition) is 1. The Hall–Kier alpha value is -3.57. The first-order valence-electron chi connectivity index (χ1n) is 15.9. The quantitative estimate of drug-likeness (QED) is 0.345. The number of rotatable bonds is 7. The van der Waals surface area contributed by atoms with Crippen molar-refractivity contribution in [3.8, 4) is 23.0 Å². The summed E-state index contributed by atoms with van der Waals surface area (Å²) in [6, 6.07) is 4.43. The van der Waals surface area contributed by atoms with Crippen LogP contribution in [-0.2, 0) is 4.79 Å². The molecule has 0 spiro atoms. The molecule has 4 unspecified atom stereocenters. The van der Waals surface area contributed by atoms with Gasteiger partial charge in [0.15, 0.2) is 5.65 Å². The number of aromatic hydroxyl groups is 1. The summed E-state index contributed by atoms with van der Waals surface area (Å²) in [5.41, 5.74) is 1.12. The predicted molar refractivity (Wildman–Crippen MR) is 166 cm³/mol. The molecule has 1 aliphatic carbocycles. The summed E-state index contributed by atoms with van der Waals surface area (Å²) >= 11 is 6.55. The number of carbonyl (C=O) groups is 1. The Balaban J connectivity index is 1.22. The molecule has 3 aromatic rings. The highest BCUT2D eigenvalue weighted by molar-refractivity contribution is 6.32. The number of pyridine rings is 1. The van der Waals surface area contributed by atoms with E-state index in [1.165, 1.54) is 24.3 Å². The van der Waals surface area contributed by atoms with Crippen LogP contribution in [-0.4, -0.2) is 92.3 Å². The Kier molecular flexibility index (Phi) is 6.90. The first-order chi connectivity index (χ1) is 21.7. The fourth-order valence-electron chi connectivity index (χ4n) is 8.26. The number of halogens is 3. The molecule has 5 fully saturated rings. The lowest BCUT2D eigenvalue weighted by Crippen LogP contribution is -2.55. The number of benzene rings is 1. The maximum atomic E-state index is 16.1. The van der Waals surface area contributed by atoms with Crippen LogP contribution in [0.5, 0.6) is 11.8 Å². The van der Waals surface area contributed by atoms with E-state index in [4.69, 9.17) is 26.3 Å². The molecule has 1 aromatic carbocycles. The zero-order valence-corrected chi connectivity index (χ0v) is 25.6. The maximum absolute atomic E-state index is 16.1. The van der Waals surface area contributed by atoms with Crippen LogP contribution in [0.3, 0.4) is 0 Å². The van der Waals surface area contributed by atoms with E-state index >= 15 is 4.39 Å². The van der Waals surface area contributed by atoms with Gasteiger partial charge in [0, 0.05) is 48.7 Å². The van der Waals surface area contributed by atoms with Crippen LogP contribution in [0, 0.1) is 5.82 Å². The number of piperazine rings is 1. The fourth-order valence-corrected chi connectivity index (χ4v) is 8.63. The average molecular weight is 637 g/mol. The van der Waals surface area contributed by atoms with Gasteiger partial charge in [0.2, 0.25) is 5.91 Å². The van der Waals surface area contributed by atoms with Gasteiger partial charge in [-0.05, 0) is 80.8 Å². The van der Waals surface area contributed by atoms with Crippen molar-refractivity contribution in [2.24, 2.45) is 0 Å². The number of amides is 1. The maximum Gasteiger partial charge on any atom is 0.320 e. The molecule has 236 valence electrons. The molecule has 8 rings (SSSR count). The van der Waals surface area contributed by atoms with Crippen molar-refractivity contribution in [3.63, 3.8) is 0 Å². The fraction of sp³-hybridized carbons (Fsp3) is 0.515. The number of hydrogen-bond acceptors (Lipinski definition) is 8. The number of nitrogens with zero attached hydrogens (tertiary/aromatic N) is 6. The van der Waals surface area contributed by atoms with Gasteiger partial charge in [0.05, 0.1) is 10.9 Å². The minimum Gasteiger partial charge on any atom is -0.508 e. The molecule has 1 N–H and O–H groups in total. The minimum atomic E-state index is -0.894. The molecular weight excluding hydrogens is 602 g/mol. The van der Waals surface area contributed by atoms with Crippen molar-refractivity contribution in [2.75, 3.05) is 37.7 Å². The van der Waals surface area contributed by atoms with E-state index in [1.54, 1.807) is 0 Å². The number of phenolic OH excluding ortho intramolecular Hbond substituents is 1. The van der Waals surface area contributed by atoms with Crippen molar-refractivity contribution >= 4 is 34.4 Å². The minimum absolute atomic E-state index is 0.0258. The highest BCUT2D eigenvalue weighted by Crippen LogP contribution is 2.49. The second-order valence-electron chi connectivity index (χ2n) is 13.3. The normalized spacial score (nSPS) is 27.8. The summed E-state index contributed by atoms with van der Waals surface area (Å²) < 4.78 is 36.9. The smallest absolute Gasteiger partial charge is 0.320 e. The molecule has 4 aliphatic heterocycles. The van der Waals surface area contributed by atoms with E-state index in [0.29, 0.717) is 47.8 Å². The lowest BCUT2D eigenvalue weighted by Gasteiger charge is -2.41. The van der Waals surface area contributed by atoms with Crippen LogP contribution in [0.25, 0.3) is 22.3 Å². The first-order valence-corrected chi connectivity index (χ1v) is 16.2. The van der Waals surface area contributed by atoms with Gasteiger partial charge < -0.3 is 19.6 Å². The summed E-state index contributed by atoms with van der Waals surface area (Å²) in [6.07, 6.45) is 6.26. The number of anilines is 1. The molecule has 0 radical (unpaired) electrons. The van der Waals surface area contributed by atoms with E-state index < -0.39 is 17.5 Å². The Bertz CT molecular complexity index is 1710. The van der Waals surface area contributed by atoms with Gasteiger partial charge in [-0.25, -0.2) is 13.8 Å². The van der Waals surface area contributed by atoms with Gasteiger partial charge in [0.1, 0.15) is 35.9 Å². The largest absolute Gasteiger partial charge is 0.508 e. The third kappa shape index (κ3) is 4.90. The predicted octanol–water partition coefficient (Wildman–Crippen LogP) is 5.39. The zero-order chi connectivity index (χ0) is 31.0. The SMILES string of the molecule is C=CC(=O)N1C2CCC1CN(c1nc(OCC34CCCN3CC(F)C4)nc3nc(-c4cc(O)cc(Cl)c4C4CC4)c(F)cc13)C2. The molecule has 45 heavy (non-hydrogen) atoms. The summed E-state index contributed by atoms with van der Waals surface area (Å²) in [5.74, 6) is -0.0702. The van der Waals surface area contributed by atoms with Gasteiger partial charge in [-0.1, -0.05) is 18.2 Å². The van der Waals surface area contributed by atoms with E-state index in [2.05, 4.69) is 21.4 Å².